The van der Waals surface area contributed by atoms with Gasteiger partial charge in [0, 0.05) is 0 Å². The third-order valence-electron chi connectivity index (χ3n) is 1.01. The van der Waals surface area contributed by atoms with E-state index in [9.17, 15) is 4.39 Å². The van der Waals surface area contributed by atoms with Crippen molar-refractivity contribution in [3.63, 3.8) is 0 Å². The Morgan fingerprint density at radius 2 is 2.30 bits per heavy atom. The molecule has 0 aromatic carbocycles. The molecule has 0 saturated heterocycles. The smallest absolute Gasteiger partial charge is 0.122 e. The van der Waals surface area contributed by atoms with Crippen LogP contribution >= 0.6 is 0 Å². The summed E-state index contributed by atoms with van der Waals surface area (Å²) in [4.78, 5) is 0. The second-order valence-corrected chi connectivity index (χ2v) is 1.98. The van der Waals surface area contributed by atoms with Gasteiger partial charge >= 0.3 is 0 Å². The monoisotopic (exact) mass is 140 g/mol. The minimum atomic E-state index is -0.233. The van der Waals surface area contributed by atoms with E-state index in [-0.39, 0.29) is 5.83 Å². The van der Waals surface area contributed by atoms with Crippen molar-refractivity contribution >= 4 is 0 Å². The van der Waals surface area contributed by atoms with Gasteiger partial charge in [0.25, 0.3) is 0 Å². The lowest BCUT2D eigenvalue weighted by Gasteiger charge is -1.83. The van der Waals surface area contributed by atoms with Crippen molar-refractivity contribution in [2.45, 2.75) is 19.8 Å². The minimum Gasteiger partial charge on any atom is -0.207 e. The SMILES string of the molecule is C=C/C=C(F)\C=C/CCC. The van der Waals surface area contributed by atoms with Gasteiger partial charge in [0.1, 0.15) is 5.83 Å². The van der Waals surface area contributed by atoms with E-state index in [1.807, 2.05) is 6.08 Å². The third kappa shape index (κ3) is 5.29. The normalized spacial score (nSPS) is 12.4. The summed E-state index contributed by atoms with van der Waals surface area (Å²) < 4.78 is 12.4. The molecule has 1 heteroatoms. The van der Waals surface area contributed by atoms with E-state index in [1.165, 1.54) is 18.2 Å². The summed E-state index contributed by atoms with van der Waals surface area (Å²) in [6.07, 6.45) is 8.04. The van der Waals surface area contributed by atoms with Crippen LogP contribution in [0.3, 0.4) is 0 Å². The maximum atomic E-state index is 12.4. The summed E-state index contributed by atoms with van der Waals surface area (Å²) in [7, 11) is 0. The van der Waals surface area contributed by atoms with Gasteiger partial charge in [-0.1, -0.05) is 32.1 Å². The molecule has 0 aliphatic rings. The molecule has 0 rings (SSSR count). The third-order valence-corrected chi connectivity index (χ3v) is 1.01. The Labute approximate surface area is 61.8 Å². The first kappa shape index (κ1) is 9.15. The van der Waals surface area contributed by atoms with Gasteiger partial charge in [-0.3, -0.25) is 0 Å². The molecule has 0 bridgehead atoms. The fourth-order valence-electron chi connectivity index (χ4n) is 0.531. The average molecular weight is 140 g/mol. The van der Waals surface area contributed by atoms with Gasteiger partial charge in [0.15, 0.2) is 0 Å². The van der Waals surface area contributed by atoms with Crippen LogP contribution in [0, 0.1) is 0 Å². The van der Waals surface area contributed by atoms with Gasteiger partial charge in [-0.15, -0.1) is 0 Å². The van der Waals surface area contributed by atoms with Crippen molar-refractivity contribution in [2.75, 3.05) is 0 Å². The topological polar surface area (TPSA) is 0 Å². The molecule has 0 atom stereocenters. The van der Waals surface area contributed by atoms with Crippen LogP contribution in [0.1, 0.15) is 19.8 Å². The van der Waals surface area contributed by atoms with Gasteiger partial charge in [0.2, 0.25) is 0 Å². The minimum absolute atomic E-state index is 0.233. The van der Waals surface area contributed by atoms with E-state index in [4.69, 9.17) is 0 Å². The summed E-state index contributed by atoms with van der Waals surface area (Å²) in [5.41, 5.74) is 0. The highest BCUT2D eigenvalue weighted by atomic mass is 19.1. The van der Waals surface area contributed by atoms with Crippen LogP contribution in [-0.4, -0.2) is 0 Å². The molecule has 0 radical (unpaired) electrons. The summed E-state index contributed by atoms with van der Waals surface area (Å²) in [6.45, 7) is 5.43. The molecule has 0 aromatic heterocycles. The van der Waals surface area contributed by atoms with Crippen molar-refractivity contribution in [1.82, 2.24) is 0 Å². The first-order valence-corrected chi connectivity index (χ1v) is 3.46. The molecular weight excluding hydrogens is 127 g/mol. The summed E-state index contributed by atoms with van der Waals surface area (Å²) in [5, 5.41) is 0. The zero-order valence-corrected chi connectivity index (χ0v) is 6.31. The molecule has 56 valence electrons. The average Bonchev–Trinajstić information content (AvgIpc) is 1.89. The summed E-state index contributed by atoms with van der Waals surface area (Å²) in [6, 6.07) is 0. The molecule has 0 nitrogen and oxygen atoms in total. The van der Waals surface area contributed by atoms with Crippen LogP contribution in [-0.2, 0) is 0 Å². The maximum absolute atomic E-state index is 12.4. The Kier molecular flexibility index (Phi) is 5.74. The van der Waals surface area contributed by atoms with Crippen molar-refractivity contribution in [3.05, 3.63) is 36.7 Å². The molecular formula is C9H13F. The molecule has 0 fully saturated rings. The molecule has 0 N–H and O–H groups in total. The van der Waals surface area contributed by atoms with Crippen molar-refractivity contribution in [3.8, 4) is 0 Å². The molecule has 0 unspecified atom stereocenters. The molecule has 0 amide bonds. The highest BCUT2D eigenvalue weighted by molar-refractivity contribution is 5.15. The van der Waals surface area contributed by atoms with E-state index >= 15 is 0 Å². The Morgan fingerprint density at radius 3 is 2.80 bits per heavy atom. The van der Waals surface area contributed by atoms with Crippen molar-refractivity contribution in [2.24, 2.45) is 0 Å². The van der Waals surface area contributed by atoms with Gasteiger partial charge in [-0.25, -0.2) is 4.39 Å². The Morgan fingerprint density at radius 1 is 1.60 bits per heavy atom. The fraction of sp³-hybridized carbons (Fsp3) is 0.333. The molecule has 0 aliphatic heterocycles. The van der Waals surface area contributed by atoms with Gasteiger partial charge < -0.3 is 0 Å². The van der Waals surface area contributed by atoms with E-state index in [0.717, 1.165) is 12.8 Å². The van der Waals surface area contributed by atoms with Crippen LogP contribution in [0.2, 0.25) is 0 Å². The van der Waals surface area contributed by atoms with Crippen LogP contribution < -0.4 is 0 Å². The van der Waals surface area contributed by atoms with Crippen molar-refractivity contribution < 1.29 is 4.39 Å². The Bertz CT molecular complexity index is 143. The number of hydrogen-bond acceptors (Lipinski definition) is 0. The summed E-state index contributed by atoms with van der Waals surface area (Å²) >= 11 is 0. The van der Waals surface area contributed by atoms with Crippen LogP contribution in [0.4, 0.5) is 4.39 Å². The van der Waals surface area contributed by atoms with Gasteiger partial charge in [-0.05, 0) is 18.6 Å². The molecule has 0 aromatic rings. The molecule has 0 aliphatic carbocycles. The molecule has 0 saturated carbocycles. The predicted octanol–water partition coefficient (Wildman–Crippen LogP) is 3.38. The summed E-state index contributed by atoms with van der Waals surface area (Å²) in [5.74, 6) is -0.233. The van der Waals surface area contributed by atoms with E-state index in [1.54, 1.807) is 0 Å². The van der Waals surface area contributed by atoms with Crippen LogP contribution in [0.25, 0.3) is 0 Å². The standard InChI is InChI=1S/C9H13F/c1-3-5-6-8-9(10)7-4-2/h4,6-8H,2-3,5H2,1H3/b8-6-,9-7+. The van der Waals surface area contributed by atoms with E-state index < -0.39 is 0 Å². The predicted molar refractivity (Wildman–Crippen MR) is 43.4 cm³/mol. The lowest BCUT2D eigenvalue weighted by Crippen LogP contribution is -1.64. The number of allylic oxidation sites excluding steroid dienone is 5. The number of rotatable bonds is 4. The number of hydrogen-bond donors (Lipinski definition) is 0. The van der Waals surface area contributed by atoms with Crippen LogP contribution in [0.5, 0.6) is 0 Å². The Hall–Kier alpha value is -0.850. The van der Waals surface area contributed by atoms with Gasteiger partial charge in [0.05, 0.1) is 0 Å². The Balaban J connectivity index is 3.65. The quantitative estimate of drug-likeness (QED) is 0.525. The van der Waals surface area contributed by atoms with Crippen LogP contribution in [0.15, 0.2) is 36.7 Å². The lowest BCUT2D eigenvalue weighted by atomic mass is 10.3. The zero-order chi connectivity index (χ0) is 7.82. The molecule has 0 heterocycles. The maximum Gasteiger partial charge on any atom is 0.122 e. The highest BCUT2D eigenvalue weighted by Crippen LogP contribution is 2.00. The molecule has 10 heavy (non-hydrogen) atoms. The number of unbranched alkanes of at least 4 members (excludes halogenated alkanes) is 1. The van der Waals surface area contributed by atoms with Gasteiger partial charge in [-0.2, -0.15) is 0 Å². The molecule has 0 spiro atoms. The second kappa shape index (κ2) is 6.27. The lowest BCUT2D eigenvalue weighted by molar-refractivity contribution is 0.666. The fourth-order valence-corrected chi connectivity index (χ4v) is 0.531. The van der Waals surface area contributed by atoms with E-state index in [2.05, 4.69) is 13.5 Å². The largest absolute Gasteiger partial charge is 0.207 e. The van der Waals surface area contributed by atoms with Crippen molar-refractivity contribution in [1.29, 1.82) is 0 Å². The number of halogens is 1. The van der Waals surface area contributed by atoms with E-state index in [0.29, 0.717) is 0 Å². The first-order valence-electron chi connectivity index (χ1n) is 3.46. The highest BCUT2D eigenvalue weighted by Gasteiger charge is 1.81. The zero-order valence-electron chi connectivity index (χ0n) is 6.31. The second-order valence-electron chi connectivity index (χ2n) is 1.98. The first-order chi connectivity index (χ1) is 4.81.